The highest BCUT2D eigenvalue weighted by Crippen LogP contribution is 2.38. The number of amides is 3. The van der Waals surface area contributed by atoms with Gasteiger partial charge in [-0.1, -0.05) is 35.9 Å². The van der Waals surface area contributed by atoms with Gasteiger partial charge in [0, 0.05) is 47.5 Å². The van der Waals surface area contributed by atoms with E-state index in [0.29, 0.717) is 44.6 Å². The first-order valence-electron chi connectivity index (χ1n) is 15.1. The molecule has 4 aromatic rings. The number of anilines is 2. The van der Waals surface area contributed by atoms with E-state index in [1.54, 1.807) is 93.6 Å². The number of carbonyl (C=O) groups is 3. The van der Waals surface area contributed by atoms with Gasteiger partial charge in [0.25, 0.3) is 5.91 Å². The van der Waals surface area contributed by atoms with Gasteiger partial charge in [-0.3, -0.25) is 9.59 Å². The Balaban J connectivity index is 1.79. The number of benzene rings is 3. The van der Waals surface area contributed by atoms with Crippen molar-refractivity contribution in [2.45, 2.75) is 32.7 Å². The predicted molar refractivity (Wildman–Crippen MR) is 186 cm³/mol. The number of nitrogens with one attached hydrogen (secondary N) is 2. The highest BCUT2D eigenvalue weighted by molar-refractivity contribution is 6.30. The standard InChI is InChI=1S/C36H36ClN5O7/c1-36(2,3)42(35(45)46)16-15-32(43)39-24-10-8-9-22(17-24)27-19-29(25-14-13-23(37)18-31(25)49-21-47-4)40-33(28(27)20-38)41-34(44)26-11-6-7-12-30(26)48-5/h6-14,17-19H,15-16,21H2,1-5H3,(H,39,43)(H,45,46)(H,40,41,44). The van der Waals surface area contributed by atoms with E-state index in [0.717, 1.165) is 0 Å². The number of nitriles is 1. The summed E-state index contributed by atoms with van der Waals surface area (Å²) in [6, 6.07) is 22.3. The number of hydrogen-bond acceptors (Lipinski definition) is 8. The van der Waals surface area contributed by atoms with E-state index in [2.05, 4.69) is 21.7 Å². The highest BCUT2D eigenvalue weighted by atomic mass is 35.5. The lowest BCUT2D eigenvalue weighted by molar-refractivity contribution is -0.116. The van der Waals surface area contributed by atoms with Crippen LogP contribution in [-0.2, 0) is 9.53 Å². The van der Waals surface area contributed by atoms with E-state index < -0.39 is 23.4 Å². The molecule has 254 valence electrons. The highest BCUT2D eigenvalue weighted by Gasteiger charge is 2.26. The number of carbonyl (C=O) groups excluding carboxylic acids is 2. The second-order valence-electron chi connectivity index (χ2n) is 11.7. The van der Waals surface area contributed by atoms with Crippen molar-refractivity contribution in [1.29, 1.82) is 5.26 Å². The van der Waals surface area contributed by atoms with Crippen LogP contribution in [0.2, 0.25) is 5.02 Å². The van der Waals surface area contributed by atoms with Crippen LogP contribution < -0.4 is 20.1 Å². The Morgan fingerprint density at radius 1 is 0.959 bits per heavy atom. The van der Waals surface area contributed by atoms with Gasteiger partial charge in [-0.2, -0.15) is 5.26 Å². The SMILES string of the molecule is COCOc1cc(Cl)ccc1-c1cc(-c2cccc(NC(=O)CCN(C(=O)O)C(C)(C)C)c2)c(C#N)c(NC(=O)c2ccccc2OC)n1. The van der Waals surface area contributed by atoms with Crippen molar-refractivity contribution in [3.8, 4) is 40.0 Å². The van der Waals surface area contributed by atoms with E-state index in [-0.39, 0.29) is 36.7 Å². The van der Waals surface area contributed by atoms with Gasteiger partial charge in [0.2, 0.25) is 5.91 Å². The maximum absolute atomic E-state index is 13.5. The molecule has 4 rings (SSSR count). The van der Waals surface area contributed by atoms with Crippen molar-refractivity contribution < 1.29 is 33.7 Å². The third kappa shape index (κ3) is 9.04. The minimum absolute atomic E-state index is 0.000474. The zero-order valence-electron chi connectivity index (χ0n) is 27.7. The average Bonchev–Trinajstić information content (AvgIpc) is 3.06. The number of nitrogens with zero attached hydrogens (tertiary/aromatic N) is 3. The van der Waals surface area contributed by atoms with Gasteiger partial charge in [-0.15, -0.1) is 0 Å². The van der Waals surface area contributed by atoms with Gasteiger partial charge in [0.05, 0.1) is 18.4 Å². The van der Waals surface area contributed by atoms with Gasteiger partial charge in [0.1, 0.15) is 23.1 Å². The summed E-state index contributed by atoms with van der Waals surface area (Å²) in [5.74, 6) is -0.284. The fourth-order valence-corrected chi connectivity index (χ4v) is 5.15. The minimum atomic E-state index is -1.12. The van der Waals surface area contributed by atoms with E-state index in [1.807, 2.05) is 0 Å². The van der Waals surface area contributed by atoms with Crippen molar-refractivity contribution in [3.63, 3.8) is 0 Å². The first-order valence-corrected chi connectivity index (χ1v) is 15.5. The molecular formula is C36H36ClN5O7. The van der Waals surface area contributed by atoms with Crippen LogP contribution in [0, 0.1) is 11.3 Å². The van der Waals surface area contributed by atoms with Crippen LogP contribution in [0.3, 0.4) is 0 Å². The van der Waals surface area contributed by atoms with Crippen molar-refractivity contribution >= 4 is 41.0 Å². The Morgan fingerprint density at radius 3 is 2.39 bits per heavy atom. The monoisotopic (exact) mass is 685 g/mol. The summed E-state index contributed by atoms with van der Waals surface area (Å²) in [5, 5.41) is 26.0. The smallest absolute Gasteiger partial charge is 0.407 e. The molecule has 0 aliphatic rings. The number of para-hydroxylation sites is 1. The number of halogens is 1. The zero-order valence-corrected chi connectivity index (χ0v) is 28.4. The molecule has 12 nitrogen and oxygen atoms in total. The van der Waals surface area contributed by atoms with Crippen LogP contribution in [0.25, 0.3) is 22.4 Å². The first kappa shape index (κ1) is 36.2. The second kappa shape index (κ2) is 16.0. The molecule has 0 bridgehead atoms. The maximum atomic E-state index is 13.5. The number of hydrogen-bond donors (Lipinski definition) is 3. The molecule has 0 aliphatic heterocycles. The molecule has 0 radical (unpaired) electrons. The molecule has 3 N–H and O–H groups in total. The normalized spacial score (nSPS) is 10.9. The summed E-state index contributed by atoms with van der Waals surface area (Å²) >= 11 is 6.27. The third-order valence-electron chi connectivity index (χ3n) is 7.33. The Bertz CT molecular complexity index is 1900. The van der Waals surface area contributed by atoms with Gasteiger partial charge >= 0.3 is 6.09 Å². The lowest BCUT2D eigenvalue weighted by Crippen LogP contribution is -2.46. The minimum Gasteiger partial charge on any atom is -0.496 e. The lowest BCUT2D eigenvalue weighted by Gasteiger charge is -2.32. The molecule has 0 aliphatic carbocycles. The van der Waals surface area contributed by atoms with Gasteiger partial charge in [0.15, 0.2) is 12.6 Å². The molecule has 49 heavy (non-hydrogen) atoms. The molecule has 0 saturated heterocycles. The van der Waals surface area contributed by atoms with Gasteiger partial charge in [-0.05, 0) is 74.9 Å². The molecule has 0 atom stereocenters. The van der Waals surface area contributed by atoms with Crippen molar-refractivity contribution in [2.75, 3.05) is 38.2 Å². The largest absolute Gasteiger partial charge is 0.496 e. The fraction of sp³-hybridized carbons (Fsp3) is 0.250. The van der Waals surface area contributed by atoms with Crippen LogP contribution in [0.5, 0.6) is 11.5 Å². The van der Waals surface area contributed by atoms with Crippen molar-refractivity contribution in [3.05, 3.63) is 88.9 Å². The van der Waals surface area contributed by atoms with Gasteiger partial charge in [-0.25, -0.2) is 9.78 Å². The summed E-state index contributed by atoms with van der Waals surface area (Å²) in [7, 11) is 2.93. The molecule has 1 aromatic heterocycles. The van der Waals surface area contributed by atoms with Crippen molar-refractivity contribution in [2.24, 2.45) is 0 Å². The third-order valence-corrected chi connectivity index (χ3v) is 7.56. The summed E-state index contributed by atoms with van der Waals surface area (Å²) in [4.78, 5) is 44.0. The number of methoxy groups -OCH3 is 2. The number of aromatic nitrogens is 1. The first-order chi connectivity index (χ1) is 23.4. The number of pyridine rings is 1. The van der Waals surface area contributed by atoms with Crippen molar-refractivity contribution in [1.82, 2.24) is 9.88 Å². The van der Waals surface area contributed by atoms with Crippen LogP contribution in [0.15, 0.2) is 72.8 Å². The molecule has 0 unspecified atom stereocenters. The van der Waals surface area contributed by atoms with Gasteiger partial charge < -0.3 is 34.9 Å². The van der Waals surface area contributed by atoms with E-state index in [1.165, 1.54) is 19.1 Å². The Morgan fingerprint density at radius 2 is 1.71 bits per heavy atom. The average molecular weight is 686 g/mol. The number of ether oxygens (including phenoxy) is 3. The fourth-order valence-electron chi connectivity index (χ4n) is 4.99. The molecule has 1 heterocycles. The van der Waals surface area contributed by atoms with Crippen LogP contribution in [0.1, 0.15) is 43.1 Å². The number of rotatable bonds is 12. The topological polar surface area (TPSA) is 163 Å². The van der Waals surface area contributed by atoms with E-state index in [4.69, 9.17) is 25.8 Å². The van der Waals surface area contributed by atoms with E-state index >= 15 is 0 Å². The Kier molecular flexibility index (Phi) is 11.8. The molecule has 13 heteroatoms. The quantitative estimate of drug-likeness (QED) is 0.130. The summed E-state index contributed by atoms with van der Waals surface area (Å²) in [6.07, 6.45) is -1.19. The predicted octanol–water partition coefficient (Wildman–Crippen LogP) is 7.29. The Labute approximate surface area is 289 Å². The van der Waals surface area contributed by atoms with Crippen LogP contribution >= 0.6 is 11.6 Å². The lowest BCUT2D eigenvalue weighted by atomic mass is 9.97. The van der Waals surface area contributed by atoms with Crippen LogP contribution in [0.4, 0.5) is 16.3 Å². The molecular weight excluding hydrogens is 650 g/mol. The number of carboxylic acid groups (broad SMARTS) is 1. The molecule has 3 amide bonds. The summed E-state index contributed by atoms with van der Waals surface area (Å²) in [6.45, 7) is 5.18. The second-order valence-corrected chi connectivity index (χ2v) is 12.2. The zero-order chi connectivity index (χ0) is 35.7. The summed E-state index contributed by atoms with van der Waals surface area (Å²) in [5.41, 5.74) is 1.80. The Hall–Kier alpha value is -5.64. The molecule has 0 spiro atoms. The molecule has 3 aromatic carbocycles. The molecule has 0 fully saturated rings. The molecule has 0 saturated carbocycles. The summed E-state index contributed by atoms with van der Waals surface area (Å²) < 4.78 is 16.2. The maximum Gasteiger partial charge on any atom is 0.407 e. The van der Waals surface area contributed by atoms with E-state index in [9.17, 15) is 24.8 Å². The van der Waals surface area contributed by atoms with Crippen LogP contribution in [-0.4, -0.2) is 66.0 Å².